The summed E-state index contributed by atoms with van der Waals surface area (Å²) >= 11 is 0. The number of anilines is 1. The Morgan fingerprint density at radius 3 is 2.50 bits per heavy atom. The van der Waals surface area contributed by atoms with E-state index in [0.29, 0.717) is 0 Å². The van der Waals surface area contributed by atoms with Crippen molar-refractivity contribution in [2.75, 3.05) is 4.81 Å². The number of nitrogens with zero attached hydrogens (tertiary/aromatic N) is 2. The summed E-state index contributed by atoms with van der Waals surface area (Å²) in [5.74, 6) is 1.15. The summed E-state index contributed by atoms with van der Waals surface area (Å²) in [5, 5.41) is 1.19. The van der Waals surface area contributed by atoms with Crippen LogP contribution < -0.4 is 15.0 Å². The molecule has 2 aromatic heterocycles. The van der Waals surface area contributed by atoms with Gasteiger partial charge in [-0.05, 0) is 43.1 Å². The summed E-state index contributed by atoms with van der Waals surface area (Å²) in [7, 11) is 2.10. The third-order valence-electron chi connectivity index (χ3n) is 5.64. The number of allylic oxidation sites excluding steroid dienone is 1. The van der Waals surface area contributed by atoms with Gasteiger partial charge in [-0.2, -0.15) is 0 Å². The fraction of sp³-hybridized carbons (Fsp3) is 0.125. The van der Waals surface area contributed by atoms with E-state index in [0.717, 1.165) is 17.1 Å². The van der Waals surface area contributed by atoms with Crippen LogP contribution in [0.4, 0.5) is 5.82 Å². The first-order valence-corrected chi connectivity index (χ1v) is 9.67. The minimum Gasteiger partial charge on any atom is -0.465 e. The van der Waals surface area contributed by atoms with Crippen LogP contribution in [0.3, 0.4) is 0 Å². The van der Waals surface area contributed by atoms with Crippen molar-refractivity contribution in [1.82, 2.24) is 0 Å². The number of para-hydroxylation sites is 1. The first-order chi connectivity index (χ1) is 13.6. The Morgan fingerprint density at radius 2 is 1.68 bits per heavy atom. The predicted octanol–water partition coefficient (Wildman–Crippen LogP) is 4.63. The highest BCUT2D eigenvalue weighted by Crippen LogP contribution is 2.31. The van der Waals surface area contributed by atoms with E-state index in [1.807, 2.05) is 12.1 Å². The number of hydrogen-bond donors (Lipinski definition) is 0. The quantitative estimate of drug-likeness (QED) is 0.381. The summed E-state index contributed by atoms with van der Waals surface area (Å²) in [6.07, 6.45) is 4.38. The zero-order valence-electron chi connectivity index (χ0n) is 16.4. The van der Waals surface area contributed by atoms with Crippen LogP contribution in [-0.2, 0) is 7.05 Å². The minimum atomic E-state index is 0.115. The van der Waals surface area contributed by atoms with Gasteiger partial charge in [0, 0.05) is 17.0 Å². The van der Waals surface area contributed by atoms with Crippen molar-refractivity contribution in [1.29, 1.82) is 0 Å². The second-order valence-electron chi connectivity index (χ2n) is 7.46. The number of pyridine rings is 1. The molecular weight excluding hydrogens is 343 g/mol. The molecule has 4 aromatic rings. The number of aromatic nitrogens is 1. The SMILES string of the molecule is CB1c2oc3ccccc3c2C=C(C)N1c1cc(-c2ccccc2)cc[n+]1C. The van der Waals surface area contributed by atoms with E-state index in [2.05, 4.69) is 97.0 Å². The average Bonchev–Trinajstić information content (AvgIpc) is 3.09. The molecule has 0 saturated carbocycles. The largest absolute Gasteiger partial charge is 0.465 e. The van der Waals surface area contributed by atoms with Crippen LogP contribution in [0.2, 0.25) is 6.82 Å². The zero-order valence-corrected chi connectivity index (χ0v) is 16.4. The Hall–Kier alpha value is -3.27. The van der Waals surface area contributed by atoms with Gasteiger partial charge in [0.15, 0.2) is 0 Å². The fourth-order valence-electron chi connectivity index (χ4n) is 4.23. The zero-order chi connectivity index (χ0) is 19.3. The molecule has 0 amide bonds. The Balaban J connectivity index is 1.65. The first kappa shape index (κ1) is 16.9. The van der Waals surface area contributed by atoms with Crippen molar-refractivity contribution in [3.05, 3.63) is 84.2 Å². The van der Waals surface area contributed by atoms with E-state index >= 15 is 0 Å². The lowest BCUT2D eigenvalue weighted by Gasteiger charge is -2.26. The molecule has 2 aromatic carbocycles. The van der Waals surface area contributed by atoms with Gasteiger partial charge in [0.05, 0.1) is 18.9 Å². The maximum Gasteiger partial charge on any atom is 0.447 e. The Morgan fingerprint density at radius 1 is 0.929 bits per heavy atom. The lowest BCUT2D eigenvalue weighted by molar-refractivity contribution is -0.658. The molecule has 0 bridgehead atoms. The van der Waals surface area contributed by atoms with E-state index in [4.69, 9.17) is 4.42 Å². The van der Waals surface area contributed by atoms with Gasteiger partial charge in [-0.1, -0.05) is 48.5 Å². The minimum absolute atomic E-state index is 0.115. The van der Waals surface area contributed by atoms with Crippen molar-refractivity contribution in [3.63, 3.8) is 0 Å². The molecule has 5 rings (SSSR count). The molecule has 1 aliphatic rings. The van der Waals surface area contributed by atoms with Crippen LogP contribution in [0.25, 0.3) is 28.2 Å². The topological polar surface area (TPSA) is 20.3 Å². The van der Waals surface area contributed by atoms with Crippen molar-refractivity contribution in [3.8, 4) is 11.1 Å². The molecule has 0 saturated heterocycles. The van der Waals surface area contributed by atoms with Crippen LogP contribution in [0.1, 0.15) is 12.5 Å². The maximum atomic E-state index is 6.26. The molecule has 3 heterocycles. The van der Waals surface area contributed by atoms with Crippen LogP contribution in [0, 0.1) is 0 Å². The van der Waals surface area contributed by atoms with Crippen LogP contribution in [0.15, 0.2) is 83.0 Å². The summed E-state index contributed by atoms with van der Waals surface area (Å²) < 4.78 is 8.44. The van der Waals surface area contributed by atoms with E-state index in [1.54, 1.807) is 0 Å². The van der Waals surface area contributed by atoms with E-state index in [-0.39, 0.29) is 6.85 Å². The monoisotopic (exact) mass is 365 g/mol. The average molecular weight is 365 g/mol. The van der Waals surface area contributed by atoms with Gasteiger partial charge in [-0.25, -0.2) is 4.57 Å². The van der Waals surface area contributed by atoms with E-state index in [1.165, 1.54) is 27.8 Å². The summed E-state index contributed by atoms with van der Waals surface area (Å²) in [5.41, 5.74) is 6.83. The third kappa shape index (κ3) is 2.56. The number of hydrogen-bond acceptors (Lipinski definition) is 2. The molecule has 0 unspecified atom stereocenters. The van der Waals surface area contributed by atoms with Crippen LogP contribution >= 0.6 is 0 Å². The van der Waals surface area contributed by atoms with Crippen molar-refractivity contribution >= 4 is 35.4 Å². The van der Waals surface area contributed by atoms with Crippen molar-refractivity contribution in [2.24, 2.45) is 7.05 Å². The molecule has 0 fully saturated rings. The molecule has 0 atom stereocenters. The standard InChI is InChI=1S/C24H22BN2O/c1-17-15-21-20-11-7-8-12-22(20)28-24(21)25(2)27(17)23-16-19(13-14-26(23)3)18-9-5-4-6-10-18/h4-16H,1-3H3/q+1. The highest BCUT2D eigenvalue weighted by molar-refractivity contribution is 6.76. The lowest BCUT2D eigenvalue weighted by atomic mass is 9.57. The lowest BCUT2D eigenvalue weighted by Crippen LogP contribution is -2.52. The van der Waals surface area contributed by atoms with Crippen molar-refractivity contribution < 1.29 is 8.98 Å². The molecule has 4 heteroatoms. The smallest absolute Gasteiger partial charge is 0.447 e. The second-order valence-corrected chi connectivity index (χ2v) is 7.46. The molecule has 28 heavy (non-hydrogen) atoms. The summed E-state index contributed by atoms with van der Waals surface area (Å²) in [4.78, 5) is 2.36. The molecule has 3 nitrogen and oxygen atoms in total. The van der Waals surface area contributed by atoms with E-state index in [9.17, 15) is 0 Å². The van der Waals surface area contributed by atoms with Crippen LogP contribution in [-0.4, -0.2) is 6.85 Å². The van der Waals surface area contributed by atoms with Crippen molar-refractivity contribution in [2.45, 2.75) is 13.7 Å². The maximum absolute atomic E-state index is 6.26. The molecule has 0 aliphatic carbocycles. The highest BCUT2D eigenvalue weighted by Gasteiger charge is 2.40. The second kappa shape index (κ2) is 6.41. The van der Waals surface area contributed by atoms with Gasteiger partial charge < -0.3 is 4.42 Å². The fourth-order valence-corrected chi connectivity index (χ4v) is 4.23. The normalized spacial score (nSPS) is 13.6. The summed E-state index contributed by atoms with van der Waals surface area (Å²) in [6, 6.07) is 23.2. The molecule has 0 N–H and O–H groups in total. The van der Waals surface area contributed by atoms with Gasteiger partial charge in [0.25, 0.3) is 5.82 Å². The van der Waals surface area contributed by atoms with Gasteiger partial charge >= 0.3 is 6.85 Å². The Bertz CT molecular complexity index is 1210. The number of furan rings is 1. The number of benzene rings is 2. The van der Waals surface area contributed by atoms with Gasteiger partial charge in [-0.15, -0.1) is 0 Å². The molecule has 0 radical (unpaired) electrons. The Labute approximate surface area is 165 Å². The van der Waals surface area contributed by atoms with E-state index < -0.39 is 0 Å². The number of fused-ring (bicyclic) bond motifs is 3. The molecule has 0 spiro atoms. The van der Waals surface area contributed by atoms with Gasteiger partial charge in [0.1, 0.15) is 11.2 Å². The van der Waals surface area contributed by atoms with Crippen LogP contribution in [0.5, 0.6) is 0 Å². The van der Waals surface area contributed by atoms with Gasteiger partial charge in [-0.3, -0.25) is 4.81 Å². The summed E-state index contributed by atoms with van der Waals surface area (Å²) in [6.45, 7) is 4.51. The van der Waals surface area contributed by atoms with Gasteiger partial charge in [0.2, 0.25) is 0 Å². The molecule has 136 valence electrons. The number of rotatable bonds is 2. The number of aryl methyl sites for hydroxylation is 1. The first-order valence-electron chi connectivity index (χ1n) is 9.67. The Kier molecular flexibility index (Phi) is 3.87. The molecule has 1 aliphatic heterocycles. The highest BCUT2D eigenvalue weighted by atomic mass is 16.3. The predicted molar refractivity (Wildman–Crippen MR) is 117 cm³/mol. The molecular formula is C24H22BN2O+. The third-order valence-corrected chi connectivity index (χ3v) is 5.64.